The summed E-state index contributed by atoms with van der Waals surface area (Å²) in [6.07, 6.45) is 8.31. The number of benzene rings is 1. The zero-order valence-corrected chi connectivity index (χ0v) is 13.0. The van der Waals surface area contributed by atoms with E-state index in [1.165, 1.54) is 5.57 Å². The van der Waals surface area contributed by atoms with E-state index >= 15 is 0 Å². The molecule has 0 spiro atoms. The molecule has 0 unspecified atom stereocenters. The minimum Gasteiger partial charge on any atom is -0.508 e. The monoisotopic (exact) mass is 294 g/mol. The first-order valence-corrected chi connectivity index (χ1v) is 8.24. The predicted octanol–water partition coefficient (Wildman–Crippen LogP) is 4.61. The van der Waals surface area contributed by atoms with E-state index in [2.05, 4.69) is 19.6 Å². The Morgan fingerprint density at radius 3 is 3.00 bits per heavy atom. The number of fused-ring (bicyclic) bond motifs is 5. The van der Waals surface area contributed by atoms with E-state index in [0.29, 0.717) is 24.2 Å². The molecule has 4 rings (SSSR count). The molecule has 1 aromatic rings. The van der Waals surface area contributed by atoms with Crippen LogP contribution in [0.3, 0.4) is 0 Å². The van der Waals surface area contributed by atoms with Crippen molar-refractivity contribution in [3.63, 3.8) is 0 Å². The standard InChI is InChI=1S/C20H22O2/c1-3-12-4-7-18-16-11-19(22)17-10-13(21)5-6-14(17)15(16)8-9-20(12,18)2/h3-6,10,15-16,18,21H,1,7-9,11H2,2H3/t15-,16-,18+,20-/m1/s1. The van der Waals surface area contributed by atoms with Crippen LogP contribution < -0.4 is 0 Å². The van der Waals surface area contributed by atoms with Crippen LogP contribution in [-0.4, -0.2) is 10.9 Å². The lowest BCUT2D eigenvalue weighted by atomic mass is 9.54. The van der Waals surface area contributed by atoms with Gasteiger partial charge in [0.05, 0.1) is 0 Å². The fourth-order valence-corrected chi connectivity index (χ4v) is 5.31. The van der Waals surface area contributed by atoms with E-state index in [4.69, 9.17) is 0 Å². The summed E-state index contributed by atoms with van der Waals surface area (Å²) in [7, 11) is 0. The Bertz CT molecular complexity index is 700. The topological polar surface area (TPSA) is 37.3 Å². The number of allylic oxidation sites excluding steroid dienone is 3. The predicted molar refractivity (Wildman–Crippen MR) is 87.0 cm³/mol. The zero-order chi connectivity index (χ0) is 15.5. The van der Waals surface area contributed by atoms with Gasteiger partial charge < -0.3 is 5.11 Å². The highest BCUT2D eigenvalue weighted by Crippen LogP contribution is 2.61. The number of phenolic OH excluding ortho intramolecular Hbond substituents is 1. The third-order valence-electron chi connectivity index (χ3n) is 6.46. The summed E-state index contributed by atoms with van der Waals surface area (Å²) < 4.78 is 0. The van der Waals surface area contributed by atoms with Gasteiger partial charge in [0.15, 0.2) is 5.78 Å². The Morgan fingerprint density at radius 2 is 2.23 bits per heavy atom. The van der Waals surface area contributed by atoms with Gasteiger partial charge in [-0.3, -0.25) is 4.79 Å². The van der Waals surface area contributed by atoms with Crippen molar-refractivity contribution in [2.45, 2.75) is 38.5 Å². The number of hydrogen-bond donors (Lipinski definition) is 1. The molecule has 0 heterocycles. The Balaban J connectivity index is 1.76. The third kappa shape index (κ3) is 1.70. The van der Waals surface area contributed by atoms with Crippen LogP contribution in [-0.2, 0) is 0 Å². The number of carbonyl (C=O) groups is 1. The van der Waals surface area contributed by atoms with E-state index in [0.717, 1.165) is 30.4 Å². The largest absolute Gasteiger partial charge is 0.508 e. The average Bonchev–Trinajstić information content (AvgIpc) is 2.84. The van der Waals surface area contributed by atoms with E-state index in [9.17, 15) is 9.90 Å². The van der Waals surface area contributed by atoms with Crippen molar-refractivity contribution < 1.29 is 9.90 Å². The fourth-order valence-electron chi connectivity index (χ4n) is 5.31. The Hall–Kier alpha value is -1.83. The van der Waals surface area contributed by atoms with Gasteiger partial charge in [-0.1, -0.05) is 31.7 Å². The number of hydrogen-bond acceptors (Lipinski definition) is 2. The van der Waals surface area contributed by atoms with Gasteiger partial charge >= 0.3 is 0 Å². The van der Waals surface area contributed by atoms with Crippen LogP contribution in [0.2, 0.25) is 0 Å². The second kappa shape index (κ2) is 4.58. The van der Waals surface area contributed by atoms with Gasteiger partial charge in [-0.25, -0.2) is 0 Å². The number of Topliss-reactive ketones (excluding diaryl/α,β-unsaturated/α-hetero) is 1. The fraction of sp³-hybridized carbons (Fsp3) is 0.450. The van der Waals surface area contributed by atoms with Gasteiger partial charge in [-0.2, -0.15) is 0 Å². The molecule has 2 heteroatoms. The normalized spacial score (nSPS) is 36.1. The van der Waals surface area contributed by atoms with Crippen molar-refractivity contribution in [2.24, 2.45) is 17.3 Å². The van der Waals surface area contributed by atoms with Gasteiger partial charge in [-0.15, -0.1) is 0 Å². The molecule has 1 saturated carbocycles. The van der Waals surface area contributed by atoms with Crippen molar-refractivity contribution in [2.75, 3.05) is 0 Å². The second-order valence-corrected chi connectivity index (χ2v) is 7.33. The molecule has 1 aromatic carbocycles. The van der Waals surface area contributed by atoms with Crippen molar-refractivity contribution >= 4 is 5.78 Å². The molecule has 3 aliphatic carbocycles. The highest BCUT2D eigenvalue weighted by Gasteiger charge is 2.52. The molecular formula is C20H22O2. The zero-order valence-electron chi connectivity index (χ0n) is 13.0. The summed E-state index contributed by atoms with van der Waals surface area (Å²) in [6, 6.07) is 5.35. The number of aromatic hydroxyl groups is 1. The Labute approximate surface area is 131 Å². The number of ketones is 1. The molecule has 0 radical (unpaired) electrons. The van der Waals surface area contributed by atoms with Gasteiger partial charge in [0.1, 0.15) is 5.75 Å². The van der Waals surface area contributed by atoms with Gasteiger partial charge in [-0.05, 0) is 65.7 Å². The first kappa shape index (κ1) is 13.8. The Kier molecular flexibility index (Phi) is 2.87. The number of carbonyl (C=O) groups excluding carboxylic acids is 1. The van der Waals surface area contributed by atoms with Crippen LogP contribution in [0.25, 0.3) is 0 Å². The molecule has 3 aliphatic rings. The molecule has 1 N–H and O–H groups in total. The molecule has 0 aliphatic heterocycles. The van der Waals surface area contributed by atoms with E-state index < -0.39 is 0 Å². The first-order valence-electron chi connectivity index (χ1n) is 8.24. The van der Waals surface area contributed by atoms with Crippen LogP contribution in [0.15, 0.2) is 42.5 Å². The number of phenols is 1. The molecule has 0 aromatic heterocycles. The Morgan fingerprint density at radius 1 is 1.41 bits per heavy atom. The maximum Gasteiger partial charge on any atom is 0.163 e. The second-order valence-electron chi connectivity index (χ2n) is 7.33. The van der Waals surface area contributed by atoms with Gasteiger partial charge in [0.2, 0.25) is 0 Å². The summed E-state index contributed by atoms with van der Waals surface area (Å²) in [5, 5.41) is 9.69. The molecule has 2 nitrogen and oxygen atoms in total. The quantitative estimate of drug-likeness (QED) is 0.821. The summed E-state index contributed by atoms with van der Waals surface area (Å²) in [4.78, 5) is 12.6. The van der Waals surface area contributed by atoms with Gasteiger partial charge in [0.25, 0.3) is 0 Å². The van der Waals surface area contributed by atoms with E-state index in [-0.39, 0.29) is 16.9 Å². The molecule has 0 saturated heterocycles. The third-order valence-corrected chi connectivity index (χ3v) is 6.46. The SMILES string of the molecule is C=CC1=CC[C@H]2[C@@H]3CC(=O)c4cc(O)ccc4[C@H]3CC[C@]12C. The molecule has 4 atom stereocenters. The molecule has 114 valence electrons. The van der Waals surface area contributed by atoms with Crippen molar-refractivity contribution in [3.05, 3.63) is 53.6 Å². The summed E-state index contributed by atoms with van der Waals surface area (Å²) in [6.45, 7) is 6.33. The van der Waals surface area contributed by atoms with Crippen LogP contribution in [0.5, 0.6) is 5.75 Å². The van der Waals surface area contributed by atoms with Crippen LogP contribution in [0, 0.1) is 17.3 Å². The van der Waals surface area contributed by atoms with Crippen LogP contribution in [0.1, 0.15) is 54.4 Å². The molecular weight excluding hydrogens is 272 g/mol. The molecule has 0 amide bonds. The minimum absolute atomic E-state index is 0.192. The highest BCUT2D eigenvalue weighted by atomic mass is 16.3. The van der Waals surface area contributed by atoms with Crippen molar-refractivity contribution in [1.29, 1.82) is 0 Å². The summed E-state index contributed by atoms with van der Waals surface area (Å²) in [5.74, 6) is 1.83. The minimum atomic E-state index is 0.192. The van der Waals surface area contributed by atoms with Crippen molar-refractivity contribution in [3.8, 4) is 5.75 Å². The smallest absolute Gasteiger partial charge is 0.163 e. The van der Waals surface area contributed by atoms with Crippen LogP contribution >= 0.6 is 0 Å². The molecule has 22 heavy (non-hydrogen) atoms. The summed E-state index contributed by atoms with van der Waals surface area (Å²) in [5.41, 5.74) is 3.48. The molecule has 1 fully saturated rings. The van der Waals surface area contributed by atoms with E-state index in [1.807, 2.05) is 12.1 Å². The van der Waals surface area contributed by atoms with Crippen molar-refractivity contribution in [1.82, 2.24) is 0 Å². The maximum absolute atomic E-state index is 12.6. The van der Waals surface area contributed by atoms with Gasteiger partial charge in [0, 0.05) is 12.0 Å². The lowest BCUT2D eigenvalue weighted by Crippen LogP contribution is -2.42. The average molecular weight is 294 g/mol. The lowest BCUT2D eigenvalue weighted by molar-refractivity contribution is 0.0633. The molecule has 0 bridgehead atoms. The number of rotatable bonds is 1. The first-order chi connectivity index (χ1) is 10.5. The maximum atomic E-state index is 12.6. The lowest BCUT2D eigenvalue weighted by Gasteiger charge is -2.49. The van der Waals surface area contributed by atoms with Crippen LogP contribution in [0.4, 0.5) is 0 Å². The highest BCUT2D eigenvalue weighted by molar-refractivity contribution is 5.99. The van der Waals surface area contributed by atoms with E-state index in [1.54, 1.807) is 12.1 Å². The summed E-state index contributed by atoms with van der Waals surface area (Å²) >= 11 is 0.